The number of hydrogen-bond donors (Lipinski definition) is 1. The molecular formula is C19H17BrClNO. The van der Waals surface area contributed by atoms with Gasteiger partial charge < -0.3 is 10.1 Å². The SMILES string of the molecule is COc1ccc(Cl)c2c1N[C@H](c1ccc(Br)cc1)C1CC=CC21. The highest BCUT2D eigenvalue weighted by Crippen LogP contribution is 2.54. The van der Waals surface area contributed by atoms with E-state index in [1.807, 2.05) is 12.1 Å². The van der Waals surface area contributed by atoms with Crippen LogP contribution in [0.2, 0.25) is 5.02 Å². The summed E-state index contributed by atoms with van der Waals surface area (Å²) in [5, 5.41) is 4.51. The van der Waals surface area contributed by atoms with Crippen molar-refractivity contribution < 1.29 is 4.74 Å². The van der Waals surface area contributed by atoms with E-state index in [9.17, 15) is 0 Å². The molecule has 1 aliphatic heterocycles. The fraction of sp³-hybridized carbons (Fsp3) is 0.263. The monoisotopic (exact) mass is 389 g/mol. The van der Waals surface area contributed by atoms with Gasteiger partial charge in [-0.1, -0.05) is 51.8 Å². The molecule has 0 fully saturated rings. The van der Waals surface area contributed by atoms with Crippen molar-refractivity contribution in [3.8, 4) is 5.75 Å². The number of benzene rings is 2. The van der Waals surface area contributed by atoms with Crippen molar-refractivity contribution in [1.82, 2.24) is 0 Å². The molecule has 2 aliphatic rings. The van der Waals surface area contributed by atoms with E-state index in [0.717, 1.165) is 32.9 Å². The van der Waals surface area contributed by atoms with Crippen LogP contribution in [0.1, 0.15) is 29.5 Å². The molecule has 0 spiro atoms. The van der Waals surface area contributed by atoms with Gasteiger partial charge in [0.2, 0.25) is 0 Å². The summed E-state index contributed by atoms with van der Waals surface area (Å²) in [6.07, 6.45) is 5.63. The molecule has 0 saturated heterocycles. The maximum absolute atomic E-state index is 6.52. The Morgan fingerprint density at radius 1 is 1.17 bits per heavy atom. The first-order valence-electron chi connectivity index (χ1n) is 7.74. The van der Waals surface area contributed by atoms with E-state index in [4.69, 9.17) is 16.3 Å². The zero-order valence-corrected chi connectivity index (χ0v) is 15.1. The molecule has 118 valence electrons. The van der Waals surface area contributed by atoms with Crippen molar-refractivity contribution in [3.05, 3.63) is 69.2 Å². The van der Waals surface area contributed by atoms with E-state index >= 15 is 0 Å². The molecule has 2 nitrogen and oxygen atoms in total. The van der Waals surface area contributed by atoms with Gasteiger partial charge in [-0.3, -0.25) is 0 Å². The van der Waals surface area contributed by atoms with E-state index < -0.39 is 0 Å². The zero-order valence-electron chi connectivity index (χ0n) is 12.7. The van der Waals surface area contributed by atoms with Crippen LogP contribution in [0.25, 0.3) is 0 Å². The molecule has 0 radical (unpaired) electrons. The molecule has 1 aliphatic carbocycles. The van der Waals surface area contributed by atoms with E-state index in [0.29, 0.717) is 11.8 Å². The zero-order chi connectivity index (χ0) is 16.0. The molecule has 2 unspecified atom stereocenters. The molecule has 4 rings (SSSR count). The topological polar surface area (TPSA) is 21.3 Å². The van der Waals surface area contributed by atoms with Crippen molar-refractivity contribution in [2.45, 2.75) is 18.4 Å². The standard InChI is InChI=1S/C19H17BrClNO/c1-23-16-10-9-15(21)17-13-3-2-4-14(13)18(22-19(16)17)11-5-7-12(20)8-6-11/h2-3,5-10,13-14,18,22H,4H2,1H3/t13?,14?,18-/m1/s1. The van der Waals surface area contributed by atoms with Crippen LogP contribution in [0, 0.1) is 5.92 Å². The minimum absolute atomic E-state index is 0.253. The van der Waals surface area contributed by atoms with Gasteiger partial charge in [0.1, 0.15) is 5.75 Å². The van der Waals surface area contributed by atoms with Gasteiger partial charge in [-0.2, -0.15) is 0 Å². The van der Waals surface area contributed by atoms with Crippen LogP contribution < -0.4 is 10.1 Å². The minimum atomic E-state index is 0.253. The van der Waals surface area contributed by atoms with Crippen LogP contribution in [-0.4, -0.2) is 7.11 Å². The summed E-state index contributed by atoms with van der Waals surface area (Å²) in [4.78, 5) is 0. The van der Waals surface area contributed by atoms with Crippen LogP contribution >= 0.6 is 27.5 Å². The fourth-order valence-electron chi connectivity index (χ4n) is 3.81. The van der Waals surface area contributed by atoms with Gasteiger partial charge in [0, 0.05) is 21.0 Å². The van der Waals surface area contributed by atoms with Gasteiger partial charge in [0.15, 0.2) is 0 Å². The number of methoxy groups -OCH3 is 1. The summed E-state index contributed by atoms with van der Waals surface area (Å²) in [6, 6.07) is 12.7. The molecule has 0 amide bonds. The Hall–Kier alpha value is -1.45. The molecule has 1 heterocycles. The Morgan fingerprint density at radius 3 is 2.70 bits per heavy atom. The van der Waals surface area contributed by atoms with Gasteiger partial charge in [-0.05, 0) is 42.2 Å². The predicted molar refractivity (Wildman–Crippen MR) is 98.5 cm³/mol. The van der Waals surface area contributed by atoms with Gasteiger partial charge in [0.25, 0.3) is 0 Å². The molecule has 23 heavy (non-hydrogen) atoms. The third-order valence-electron chi connectivity index (χ3n) is 4.88. The predicted octanol–water partition coefficient (Wildman–Crippen LogP) is 5.94. The average molecular weight is 391 g/mol. The number of allylic oxidation sites excluding steroid dienone is 2. The van der Waals surface area contributed by atoms with E-state index in [-0.39, 0.29) is 6.04 Å². The van der Waals surface area contributed by atoms with Crippen LogP contribution in [0.5, 0.6) is 5.75 Å². The lowest BCUT2D eigenvalue weighted by molar-refractivity contribution is 0.397. The Labute approximate surface area is 149 Å². The molecule has 2 aromatic carbocycles. The maximum atomic E-state index is 6.52. The number of fused-ring (bicyclic) bond motifs is 3. The normalized spacial score (nSPS) is 24.7. The first-order valence-corrected chi connectivity index (χ1v) is 8.91. The molecule has 4 heteroatoms. The van der Waals surface area contributed by atoms with Crippen molar-refractivity contribution in [2.75, 3.05) is 12.4 Å². The van der Waals surface area contributed by atoms with Crippen LogP contribution in [0.3, 0.4) is 0 Å². The van der Waals surface area contributed by atoms with Gasteiger partial charge in [-0.15, -0.1) is 0 Å². The quantitative estimate of drug-likeness (QED) is 0.641. The summed E-state index contributed by atoms with van der Waals surface area (Å²) in [5.74, 6) is 1.67. The highest BCUT2D eigenvalue weighted by Gasteiger charge is 2.40. The maximum Gasteiger partial charge on any atom is 0.142 e. The van der Waals surface area contributed by atoms with E-state index in [1.165, 1.54) is 5.56 Å². The number of nitrogens with one attached hydrogen (secondary N) is 1. The van der Waals surface area contributed by atoms with E-state index in [2.05, 4.69) is 57.7 Å². The Bertz CT molecular complexity index is 772. The van der Waals surface area contributed by atoms with Crippen molar-refractivity contribution in [1.29, 1.82) is 0 Å². The van der Waals surface area contributed by atoms with Crippen molar-refractivity contribution in [2.24, 2.45) is 5.92 Å². The summed E-state index contributed by atoms with van der Waals surface area (Å²) < 4.78 is 6.66. The molecule has 0 saturated carbocycles. The smallest absolute Gasteiger partial charge is 0.142 e. The Balaban J connectivity index is 1.84. The van der Waals surface area contributed by atoms with Crippen molar-refractivity contribution in [3.63, 3.8) is 0 Å². The largest absolute Gasteiger partial charge is 0.495 e. The highest BCUT2D eigenvalue weighted by molar-refractivity contribution is 9.10. The second-order valence-electron chi connectivity index (χ2n) is 6.07. The van der Waals surface area contributed by atoms with Gasteiger partial charge in [-0.25, -0.2) is 0 Å². The number of ether oxygens (including phenoxy) is 1. The fourth-order valence-corrected chi connectivity index (χ4v) is 4.36. The second-order valence-corrected chi connectivity index (χ2v) is 7.39. The van der Waals surface area contributed by atoms with Gasteiger partial charge >= 0.3 is 0 Å². The number of anilines is 1. The van der Waals surface area contributed by atoms with Crippen molar-refractivity contribution >= 4 is 33.2 Å². The van der Waals surface area contributed by atoms with E-state index in [1.54, 1.807) is 7.11 Å². The lowest BCUT2D eigenvalue weighted by atomic mass is 9.77. The molecule has 3 atom stereocenters. The van der Waals surface area contributed by atoms with Crippen LogP contribution in [-0.2, 0) is 0 Å². The average Bonchev–Trinajstić information content (AvgIpc) is 3.04. The Kier molecular flexibility index (Phi) is 3.86. The van der Waals surface area contributed by atoms with Gasteiger partial charge in [0.05, 0.1) is 18.8 Å². The van der Waals surface area contributed by atoms with Crippen LogP contribution in [0.4, 0.5) is 5.69 Å². The number of rotatable bonds is 2. The molecular weight excluding hydrogens is 374 g/mol. The third-order valence-corrected chi connectivity index (χ3v) is 5.74. The summed E-state index contributed by atoms with van der Waals surface area (Å²) in [5.41, 5.74) is 3.48. The summed E-state index contributed by atoms with van der Waals surface area (Å²) in [7, 11) is 1.70. The number of hydrogen-bond acceptors (Lipinski definition) is 2. The molecule has 1 N–H and O–H groups in total. The molecule has 0 aromatic heterocycles. The highest BCUT2D eigenvalue weighted by atomic mass is 79.9. The first kappa shape index (κ1) is 15.1. The first-order chi connectivity index (χ1) is 11.2. The number of halogens is 2. The third kappa shape index (κ3) is 2.47. The molecule has 2 aromatic rings. The Morgan fingerprint density at radius 2 is 1.96 bits per heavy atom. The molecule has 0 bridgehead atoms. The lowest BCUT2D eigenvalue weighted by Gasteiger charge is -2.38. The van der Waals surface area contributed by atoms with Crippen LogP contribution in [0.15, 0.2) is 53.0 Å². The summed E-state index contributed by atoms with van der Waals surface area (Å²) in [6.45, 7) is 0. The summed E-state index contributed by atoms with van der Waals surface area (Å²) >= 11 is 10.0. The second kappa shape index (κ2) is 5.88. The lowest BCUT2D eigenvalue weighted by Crippen LogP contribution is -2.29. The minimum Gasteiger partial charge on any atom is -0.495 e.